The van der Waals surface area contributed by atoms with E-state index in [1.54, 1.807) is 0 Å². The minimum Gasteiger partial charge on any atom is -0.384 e. The van der Waals surface area contributed by atoms with E-state index in [-0.39, 0.29) is 6.17 Å². The van der Waals surface area contributed by atoms with Crippen molar-refractivity contribution in [3.63, 3.8) is 0 Å². The van der Waals surface area contributed by atoms with Crippen LogP contribution in [-0.4, -0.2) is 12.7 Å². The molecule has 1 unspecified atom stereocenters. The number of nitrogens with one attached hydrogen (secondary N) is 1. The van der Waals surface area contributed by atoms with Gasteiger partial charge < -0.3 is 10.2 Å². The second kappa shape index (κ2) is 6.23. The van der Waals surface area contributed by atoms with E-state index < -0.39 is 0 Å². The van der Waals surface area contributed by atoms with Crippen LogP contribution < -0.4 is 20.8 Å². The van der Waals surface area contributed by atoms with Crippen LogP contribution in [0.3, 0.4) is 0 Å². The van der Waals surface area contributed by atoms with Crippen LogP contribution in [0, 0.1) is 5.92 Å². The van der Waals surface area contributed by atoms with Crippen LogP contribution in [0.1, 0.15) is 25.8 Å². The van der Waals surface area contributed by atoms with E-state index >= 15 is 0 Å². The summed E-state index contributed by atoms with van der Waals surface area (Å²) in [7, 11) is 0. The largest absolute Gasteiger partial charge is 0.384 e. The highest BCUT2D eigenvalue weighted by Gasteiger charge is 2.25. The van der Waals surface area contributed by atoms with Crippen molar-refractivity contribution in [2.45, 2.75) is 26.4 Å². The topological polar surface area (TPSA) is 27.6 Å². The lowest BCUT2D eigenvalue weighted by Gasteiger charge is -2.33. The van der Waals surface area contributed by atoms with Gasteiger partial charge in [0.15, 0.2) is 0 Å². The Labute approximate surface area is 153 Å². The highest BCUT2D eigenvalue weighted by Crippen LogP contribution is 2.28. The first-order valence-corrected chi connectivity index (χ1v) is 9.11. The fraction of sp³-hybridized carbons (Fsp3) is 0.286. The molecule has 0 fully saturated rings. The Morgan fingerprint density at radius 1 is 1.20 bits per heavy atom. The summed E-state index contributed by atoms with van der Waals surface area (Å²) in [5, 5.41) is 6.42. The number of hydrogen-bond donors (Lipinski definition) is 1. The molecular weight excluding hydrogens is 330 g/mol. The molecule has 4 heteroatoms. The zero-order valence-corrected chi connectivity index (χ0v) is 15.3. The number of hydrogen-bond acceptors (Lipinski definition) is 3. The monoisotopic (exact) mass is 351 g/mol. The zero-order chi connectivity index (χ0) is 17.6. The van der Waals surface area contributed by atoms with Gasteiger partial charge in [0.25, 0.3) is 0 Å². The summed E-state index contributed by atoms with van der Waals surface area (Å²) in [5.74, 6) is 0.376. The summed E-state index contributed by atoms with van der Waals surface area (Å²) in [4.78, 5) is 7.39. The third kappa shape index (κ3) is 2.83. The Balaban J connectivity index is 1.92. The molecule has 0 aromatic heterocycles. The van der Waals surface area contributed by atoms with Crippen LogP contribution in [0.4, 0.5) is 11.4 Å². The van der Waals surface area contributed by atoms with Gasteiger partial charge in [-0.1, -0.05) is 32.0 Å². The Kier molecular flexibility index (Phi) is 4.04. The van der Waals surface area contributed by atoms with Crippen molar-refractivity contribution in [3.8, 4) is 0 Å². The van der Waals surface area contributed by atoms with E-state index in [9.17, 15) is 0 Å². The molecule has 2 aromatic carbocycles. The number of anilines is 2. The molecule has 25 heavy (non-hydrogen) atoms. The molecule has 1 N–H and O–H groups in total. The van der Waals surface area contributed by atoms with Gasteiger partial charge in [-0.15, -0.1) is 0 Å². The maximum atomic E-state index is 6.06. The standard InChI is InChI=1S/C21H22ClN3/c1-13(2)21-24-20-15(4-9-18-19(20)14(3)10-11-23-18)12-25(21)17-7-5-16(22)6-8-17/h4-9,12-13,21,23H,3,10-11H2,1-2H3. The van der Waals surface area contributed by atoms with Gasteiger partial charge in [0.05, 0.1) is 5.36 Å². The van der Waals surface area contributed by atoms with Gasteiger partial charge in [-0.3, -0.25) is 4.99 Å². The van der Waals surface area contributed by atoms with E-state index in [0.29, 0.717) is 5.92 Å². The molecule has 4 rings (SSSR count). The van der Waals surface area contributed by atoms with E-state index in [2.05, 4.69) is 49.0 Å². The van der Waals surface area contributed by atoms with Gasteiger partial charge in [0.2, 0.25) is 0 Å². The second-order valence-corrected chi connectivity index (χ2v) is 7.44. The van der Waals surface area contributed by atoms with Crippen LogP contribution >= 0.6 is 11.6 Å². The lowest BCUT2D eigenvalue weighted by atomic mass is 9.96. The Bertz CT molecular complexity index is 944. The van der Waals surface area contributed by atoms with Crippen LogP contribution in [0.25, 0.3) is 11.8 Å². The van der Waals surface area contributed by atoms with E-state index in [0.717, 1.165) is 39.9 Å². The summed E-state index contributed by atoms with van der Waals surface area (Å²) in [6.45, 7) is 9.63. The van der Waals surface area contributed by atoms with Gasteiger partial charge in [-0.2, -0.15) is 0 Å². The number of halogens is 1. The summed E-state index contributed by atoms with van der Waals surface area (Å²) < 4.78 is 0. The maximum Gasteiger partial charge on any atom is 0.128 e. The molecule has 2 aromatic rings. The molecule has 0 radical (unpaired) electrons. The molecule has 2 heterocycles. The van der Waals surface area contributed by atoms with Crippen LogP contribution in [0.5, 0.6) is 0 Å². The minimum atomic E-state index is 0.0508. The Morgan fingerprint density at radius 3 is 2.68 bits per heavy atom. The molecule has 3 nitrogen and oxygen atoms in total. The van der Waals surface area contributed by atoms with Crippen molar-refractivity contribution in [3.05, 3.63) is 64.1 Å². The van der Waals surface area contributed by atoms with Crippen molar-refractivity contribution >= 4 is 34.7 Å². The molecule has 2 aliphatic heterocycles. The molecule has 1 atom stereocenters. The summed E-state index contributed by atoms with van der Waals surface area (Å²) in [5.41, 5.74) is 4.60. The van der Waals surface area contributed by atoms with Crippen LogP contribution in [-0.2, 0) is 0 Å². The van der Waals surface area contributed by atoms with Crippen molar-refractivity contribution in [1.82, 2.24) is 0 Å². The summed E-state index contributed by atoms with van der Waals surface area (Å²) in [6, 6.07) is 12.2. The molecule has 128 valence electrons. The first-order chi connectivity index (χ1) is 12.0. The summed E-state index contributed by atoms with van der Waals surface area (Å²) in [6.07, 6.45) is 3.22. The predicted molar refractivity (Wildman–Crippen MR) is 106 cm³/mol. The minimum absolute atomic E-state index is 0.0508. The van der Waals surface area contributed by atoms with Gasteiger partial charge in [-0.05, 0) is 54.3 Å². The fourth-order valence-electron chi connectivity index (χ4n) is 3.56. The Hall–Kier alpha value is -2.26. The average molecular weight is 352 g/mol. The van der Waals surface area contributed by atoms with E-state index in [1.807, 2.05) is 24.3 Å². The third-order valence-corrected chi connectivity index (χ3v) is 5.10. The van der Waals surface area contributed by atoms with Gasteiger partial charge in [0.1, 0.15) is 6.17 Å². The normalized spacial score (nSPS) is 18.8. The fourth-order valence-corrected chi connectivity index (χ4v) is 3.69. The highest BCUT2D eigenvalue weighted by molar-refractivity contribution is 6.30. The lowest BCUT2D eigenvalue weighted by Crippen LogP contribution is -2.46. The van der Waals surface area contributed by atoms with Gasteiger partial charge in [0, 0.05) is 39.9 Å². The van der Waals surface area contributed by atoms with E-state index in [1.165, 1.54) is 11.1 Å². The van der Waals surface area contributed by atoms with Crippen molar-refractivity contribution in [1.29, 1.82) is 0 Å². The first-order valence-electron chi connectivity index (χ1n) is 8.73. The van der Waals surface area contributed by atoms with Crippen LogP contribution in [0.2, 0.25) is 5.02 Å². The average Bonchev–Trinajstić information content (AvgIpc) is 2.61. The number of fused-ring (bicyclic) bond motifs is 3. The van der Waals surface area contributed by atoms with Crippen molar-refractivity contribution in [2.75, 3.05) is 16.8 Å². The predicted octanol–water partition coefficient (Wildman–Crippen LogP) is 4.03. The summed E-state index contributed by atoms with van der Waals surface area (Å²) >= 11 is 6.06. The quantitative estimate of drug-likeness (QED) is 0.884. The second-order valence-electron chi connectivity index (χ2n) is 7.01. The highest BCUT2D eigenvalue weighted by atomic mass is 35.5. The lowest BCUT2D eigenvalue weighted by molar-refractivity contribution is 0.492. The molecule has 0 bridgehead atoms. The number of nitrogens with zero attached hydrogens (tertiary/aromatic N) is 2. The molecule has 0 amide bonds. The molecular formula is C21H22ClN3. The van der Waals surface area contributed by atoms with Gasteiger partial charge in [-0.25, -0.2) is 0 Å². The molecule has 0 aliphatic carbocycles. The number of rotatable bonds is 2. The van der Waals surface area contributed by atoms with Gasteiger partial charge >= 0.3 is 0 Å². The molecule has 0 saturated carbocycles. The molecule has 0 spiro atoms. The van der Waals surface area contributed by atoms with Crippen molar-refractivity contribution < 1.29 is 0 Å². The molecule has 0 saturated heterocycles. The van der Waals surface area contributed by atoms with Crippen LogP contribution in [0.15, 0.2) is 48.0 Å². The zero-order valence-electron chi connectivity index (χ0n) is 14.6. The van der Waals surface area contributed by atoms with E-state index in [4.69, 9.17) is 16.6 Å². The number of benzene rings is 2. The smallest absolute Gasteiger partial charge is 0.128 e. The first kappa shape index (κ1) is 16.2. The maximum absolute atomic E-state index is 6.06. The SMILES string of the molecule is C=C1CCNc2ccc3c(c21)=NC(C(C)C)N(c1ccc(Cl)cc1)C=3. The molecule has 2 aliphatic rings. The Morgan fingerprint density at radius 2 is 1.96 bits per heavy atom. The van der Waals surface area contributed by atoms with Crippen molar-refractivity contribution in [2.24, 2.45) is 10.9 Å². The third-order valence-electron chi connectivity index (χ3n) is 4.85.